The van der Waals surface area contributed by atoms with Crippen molar-refractivity contribution in [3.05, 3.63) is 0 Å². The van der Waals surface area contributed by atoms with Crippen LogP contribution in [-0.4, -0.2) is 67.7 Å². The molecule has 0 aromatic carbocycles. The molecule has 0 aromatic rings. The van der Waals surface area contributed by atoms with Gasteiger partial charge in [0.15, 0.2) is 18.3 Å². The van der Waals surface area contributed by atoms with Gasteiger partial charge in [0.1, 0.15) is 18.9 Å². The Morgan fingerprint density at radius 2 is 1.31 bits per heavy atom. The Labute approximate surface area is 151 Å². The van der Waals surface area contributed by atoms with Gasteiger partial charge in [0, 0.05) is 27.7 Å². The van der Waals surface area contributed by atoms with Crippen LogP contribution in [0.3, 0.4) is 0 Å². The molecule has 0 amide bonds. The smallest absolute Gasteiger partial charge is 0.303 e. The van der Waals surface area contributed by atoms with Gasteiger partial charge in [-0.2, -0.15) is 0 Å². The van der Waals surface area contributed by atoms with Crippen LogP contribution < -0.4 is 5.32 Å². The SMILES string of the molecule is CCN[C@H]1O[C@H](COC(C)=O)[C@@H](OC(C)=O)[C@H](OC(C)=O)[C@H]1OC(C)=O. The van der Waals surface area contributed by atoms with Crippen LogP contribution in [0, 0.1) is 0 Å². The summed E-state index contributed by atoms with van der Waals surface area (Å²) in [4.78, 5) is 45.7. The fraction of sp³-hybridized carbons (Fsp3) is 0.750. The lowest BCUT2D eigenvalue weighted by atomic mass is 9.97. The van der Waals surface area contributed by atoms with Crippen molar-refractivity contribution in [2.24, 2.45) is 0 Å². The Morgan fingerprint density at radius 1 is 0.808 bits per heavy atom. The third kappa shape index (κ3) is 6.60. The molecule has 0 spiro atoms. The van der Waals surface area contributed by atoms with Crippen molar-refractivity contribution in [2.75, 3.05) is 13.2 Å². The molecule has 1 rings (SSSR count). The Kier molecular flexibility index (Phi) is 8.46. The molecule has 1 N–H and O–H groups in total. The van der Waals surface area contributed by atoms with Crippen molar-refractivity contribution in [3.63, 3.8) is 0 Å². The highest BCUT2D eigenvalue weighted by Crippen LogP contribution is 2.28. The molecular formula is C16H25NO9. The highest BCUT2D eigenvalue weighted by molar-refractivity contribution is 5.68. The van der Waals surface area contributed by atoms with Gasteiger partial charge in [0.25, 0.3) is 0 Å². The maximum atomic E-state index is 11.6. The molecule has 148 valence electrons. The number of nitrogens with one attached hydrogen (secondary N) is 1. The molecule has 1 aliphatic heterocycles. The normalized spacial score (nSPS) is 28.0. The largest absolute Gasteiger partial charge is 0.463 e. The monoisotopic (exact) mass is 375 g/mol. The van der Waals surface area contributed by atoms with E-state index in [-0.39, 0.29) is 6.61 Å². The quantitative estimate of drug-likeness (QED) is 0.467. The summed E-state index contributed by atoms with van der Waals surface area (Å²) in [6.45, 7) is 6.78. The van der Waals surface area contributed by atoms with Gasteiger partial charge in [0.05, 0.1) is 0 Å². The zero-order chi connectivity index (χ0) is 19.9. The Hall–Kier alpha value is -2.20. The first-order chi connectivity index (χ1) is 12.1. The zero-order valence-corrected chi connectivity index (χ0v) is 15.5. The highest BCUT2D eigenvalue weighted by Gasteiger charge is 2.51. The van der Waals surface area contributed by atoms with Crippen LogP contribution in [0.5, 0.6) is 0 Å². The van der Waals surface area contributed by atoms with E-state index < -0.39 is 54.5 Å². The lowest BCUT2D eigenvalue weighted by molar-refractivity contribution is -0.257. The maximum Gasteiger partial charge on any atom is 0.303 e. The van der Waals surface area contributed by atoms with Gasteiger partial charge in [-0.3, -0.25) is 24.5 Å². The van der Waals surface area contributed by atoms with Crippen LogP contribution >= 0.6 is 0 Å². The molecule has 0 bridgehead atoms. The first-order valence-electron chi connectivity index (χ1n) is 8.19. The van der Waals surface area contributed by atoms with Crippen molar-refractivity contribution in [2.45, 2.75) is 65.3 Å². The van der Waals surface area contributed by atoms with E-state index in [1.54, 1.807) is 6.92 Å². The van der Waals surface area contributed by atoms with Crippen molar-refractivity contribution in [1.82, 2.24) is 5.32 Å². The van der Waals surface area contributed by atoms with Crippen molar-refractivity contribution in [1.29, 1.82) is 0 Å². The van der Waals surface area contributed by atoms with E-state index in [1.807, 2.05) is 0 Å². The third-order valence-electron chi connectivity index (χ3n) is 3.40. The first kappa shape index (κ1) is 21.8. The second-order valence-corrected chi connectivity index (χ2v) is 5.68. The maximum absolute atomic E-state index is 11.6. The summed E-state index contributed by atoms with van der Waals surface area (Å²) in [5, 5.41) is 2.96. The number of ether oxygens (including phenoxy) is 5. The molecule has 10 nitrogen and oxygen atoms in total. The minimum absolute atomic E-state index is 0.236. The minimum Gasteiger partial charge on any atom is -0.463 e. The second-order valence-electron chi connectivity index (χ2n) is 5.68. The molecule has 1 heterocycles. The zero-order valence-electron chi connectivity index (χ0n) is 15.5. The molecule has 0 saturated carbocycles. The summed E-state index contributed by atoms with van der Waals surface area (Å²) in [5.41, 5.74) is 0. The summed E-state index contributed by atoms with van der Waals surface area (Å²) in [7, 11) is 0. The fourth-order valence-corrected chi connectivity index (χ4v) is 2.59. The van der Waals surface area contributed by atoms with E-state index in [1.165, 1.54) is 27.7 Å². The molecule has 0 unspecified atom stereocenters. The van der Waals surface area contributed by atoms with E-state index in [9.17, 15) is 19.2 Å². The molecule has 0 aliphatic carbocycles. The molecular weight excluding hydrogens is 350 g/mol. The van der Waals surface area contributed by atoms with Gasteiger partial charge >= 0.3 is 23.9 Å². The van der Waals surface area contributed by atoms with Crippen LogP contribution in [0.25, 0.3) is 0 Å². The number of carbonyl (C=O) groups is 4. The Bertz CT molecular complexity index is 536. The number of likely N-dealkylation sites (N-methyl/N-ethyl adjacent to an activating group) is 1. The average Bonchev–Trinajstić information content (AvgIpc) is 2.50. The van der Waals surface area contributed by atoms with Crippen molar-refractivity contribution >= 4 is 23.9 Å². The minimum atomic E-state index is -1.14. The van der Waals surface area contributed by atoms with E-state index in [0.29, 0.717) is 6.54 Å². The number of hydrogen-bond acceptors (Lipinski definition) is 10. The molecule has 1 fully saturated rings. The topological polar surface area (TPSA) is 126 Å². The predicted molar refractivity (Wildman–Crippen MR) is 85.6 cm³/mol. The van der Waals surface area contributed by atoms with Gasteiger partial charge in [0.2, 0.25) is 0 Å². The number of carbonyl (C=O) groups excluding carboxylic acids is 4. The molecule has 0 radical (unpaired) electrons. The molecule has 26 heavy (non-hydrogen) atoms. The van der Waals surface area contributed by atoms with Gasteiger partial charge in [-0.1, -0.05) is 6.92 Å². The van der Waals surface area contributed by atoms with Crippen molar-refractivity contribution < 1.29 is 42.9 Å². The van der Waals surface area contributed by atoms with Gasteiger partial charge in [-0.05, 0) is 6.54 Å². The fourth-order valence-electron chi connectivity index (χ4n) is 2.59. The van der Waals surface area contributed by atoms with E-state index in [4.69, 9.17) is 23.7 Å². The molecule has 10 heteroatoms. The van der Waals surface area contributed by atoms with Crippen LogP contribution in [-0.2, 0) is 42.9 Å². The summed E-state index contributed by atoms with van der Waals surface area (Å²) in [6, 6.07) is 0. The highest BCUT2D eigenvalue weighted by atomic mass is 16.7. The summed E-state index contributed by atoms with van der Waals surface area (Å²) >= 11 is 0. The average molecular weight is 375 g/mol. The summed E-state index contributed by atoms with van der Waals surface area (Å²) in [5.74, 6) is -2.50. The van der Waals surface area contributed by atoms with Gasteiger partial charge in [-0.15, -0.1) is 0 Å². The molecule has 1 saturated heterocycles. The third-order valence-corrected chi connectivity index (χ3v) is 3.40. The molecule has 5 atom stereocenters. The summed E-state index contributed by atoms with van der Waals surface area (Å²) in [6.07, 6.45) is -5.12. The van der Waals surface area contributed by atoms with Gasteiger partial charge < -0.3 is 23.7 Å². The number of rotatable bonds is 7. The van der Waals surface area contributed by atoms with Crippen LogP contribution in [0.15, 0.2) is 0 Å². The van der Waals surface area contributed by atoms with E-state index in [2.05, 4.69) is 5.32 Å². The standard InChI is InChI=1S/C16H25NO9/c1-6-17-16-15(25-11(5)21)14(24-10(4)20)13(23-9(3)19)12(26-16)7-22-8(2)18/h12-17H,6-7H2,1-5H3/t12-,13-,14+,15-,16+/m1/s1. The van der Waals surface area contributed by atoms with Crippen LogP contribution in [0.2, 0.25) is 0 Å². The number of hydrogen-bond donors (Lipinski definition) is 1. The first-order valence-corrected chi connectivity index (χ1v) is 8.19. The van der Waals surface area contributed by atoms with E-state index >= 15 is 0 Å². The lowest BCUT2D eigenvalue weighted by Gasteiger charge is -2.44. The lowest BCUT2D eigenvalue weighted by Crippen LogP contribution is -2.65. The van der Waals surface area contributed by atoms with Crippen molar-refractivity contribution in [3.8, 4) is 0 Å². The predicted octanol–water partition coefficient (Wildman–Crippen LogP) is -0.321. The molecule has 1 aliphatic rings. The van der Waals surface area contributed by atoms with E-state index in [0.717, 1.165) is 0 Å². The Morgan fingerprint density at radius 3 is 1.77 bits per heavy atom. The second kappa shape index (κ2) is 10.1. The summed E-state index contributed by atoms with van der Waals surface area (Å²) < 4.78 is 26.5. The number of esters is 4. The van der Waals surface area contributed by atoms with Gasteiger partial charge in [-0.25, -0.2) is 0 Å². The van der Waals surface area contributed by atoms with Crippen LogP contribution in [0.1, 0.15) is 34.6 Å². The molecule has 0 aromatic heterocycles. The Balaban J connectivity index is 3.22. The van der Waals surface area contributed by atoms with Crippen LogP contribution in [0.4, 0.5) is 0 Å².